The zero-order valence-corrected chi connectivity index (χ0v) is 15.1. The molecule has 0 spiro atoms. The van der Waals surface area contributed by atoms with Crippen molar-refractivity contribution in [1.29, 1.82) is 0 Å². The molecule has 1 saturated heterocycles. The lowest BCUT2D eigenvalue weighted by Crippen LogP contribution is -2.57. The van der Waals surface area contributed by atoms with Gasteiger partial charge in [-0.15, -0.1) is 0 Å². The third kappa shape index (κ3) is 3.61. The second kappa shape index (κ2) is 7.46. The van der Waals surface area contributed by atoms with E-state index in [-0.39, 0.29) is 18.2 Å². The van der Waals surface area contributed by atoms with Crippen molar-refractivity contribution in [3.05, 3.63) is 35.9 Å². The van der Waals surface area contributed by atoms with Gasteiger partial charge in [0.1, 0.15) is 0 Å². The zero-order valence-electron chi connectivity index (χ0n) is 15.1. The lowest BCUT2D eigenvalue weighted by atomic mass is 9.70. The van der Waals surface area contributed by atoms with Crippen LogP contribution in [0.4, 0.5) is 0 Å². The first-order chi connectivity index (χ1) is 12.2. The summed E-state index contributed by atoms with van der Waals surface area (Å²) in [5, 5.41) is 0. The Morgan fingerprint density at radius 3 is 2.76 bits per heavy atom. The van der Waals surface area contributed by atoms with E-state index in [1.807, 2.05) is 0 Å². The number of morpholine rings is 1. The van der Waals surface area contributed by atoms with Crippen LogP contribution in [-0.2, 0) is 14.3 Å². The van der Waals surface area contributed by atoms with Crippen LogP contribution in [0.3, 0.4) is 0 Å². The number of fused-ring (bicyclic) bond motifs is 1. The molecule has 4 heteroatoms. The summed E-state index contributed by atoms with van der Waals surface area (Å²) in [5.74, 6) is 1.51. The van der Waals surface area contributed by atoms with Gasteiger partial charge >= 0.3 is 0 Å². The van der Waals surface area contributed by atoms with E-state index < -0.39 is 0 Å². The van der Waals surface area contributed by atoms with Crippen molar-refractivity contribution in [2.45, 2.75) is 62.7 Å². The maximum Gasteiger partial charge on any atom is 0.223 e. The van der Waals surface area contributed by atoms with E-state index in [2.05, 4.69) is 35.2 Å². The quantitative estimate of drug-likeness (QED) is 0.841. The van der Waals surface area contributed by atoms with Gasteiger partial charge in [-0.25, -0.2) is 0 Å². The molecule has 1 aliphatic heterocycles. The van der Waals surface area contributed by atoms with Crippen LogP contribution in [0.2, 0.25) is 0 Å². The molecule has 4 nitrogen and oxygen atoms in total. The number of carbonyl (C=O) groups is 1. The van der Waals surface area contributed by atoms with Crippen LogP contribution in [0.15, 0.2) is 30.3 Å². The zero-order chi connectivity index (χ0) is 17.2. The number of ether oxygens (including phenoxy) is 2. The molecule has 2 saturated carbocycles. The van der Waals surface area contributed by atoms with Gasteiger partial charge < -0.3 is 14.4 Å². The van der Waals surface area contributed by atoms with Crippen molar-refractivity contribution >= 4 is 5.91 Å². The standard InChI is InChI=1S/C21H29NO3/c1-24-18-7-8-20-19(14-18)22(9-10-25-20)21(23)13-15-11-17(12-15)16-5-3-2-4-6-16/h2-6,15,17-20H,7-14H2,1H3/t15?,17?,18-,19+,20+/m1/s1. The van der Waals surface area contributed by atoms with Crippen molar-refractivity contribution in [2.24, 2.45) is 5.92 Å². The van der Waals surface area contributed by atoms with Gasteiger partial charge in [-0.3, -0.25) is 4.79 Å². The van der Waals surface area contributed by atoms with Gasteiger partial charge in [0.25, 0.3) is 0 Å². The molecule has 0 N–H and O–H groups in total. The molecule has 4 rings (SSSR count). The van der Waals surface area contributed by atoms with Crippen molar-refractivity contribution in [3.8, 4) is 0 Å². The summed E-state index contributed by atoms with van der Waals surface area (Å²) in [6.45, 7) is 1.42. The van der Waals surface area contributed by atoms with Crippen LogP contribution in [0.1, 0.15) is 50.0 Å². The Kier molecular flexibility index (Phi) is 5.09. The van der Waals surface area contributed by atoms with E-state index in [0.29, 0.717) is 30.8 Å². The summed E-state index contributed by atoms with van der Waals surface area (Å²) in [5.41, 5.74) is 1.42. The molecule has 0 aromatic heterocycles. The Morgan fingerprint density at radius 1 is 1.20 bits per heavy atom. The highest BCUT2D eigenvalue weighted by Gasteiger charge is 2.41. The number of benzene rings is 1. The summed E-state index contributed by atoms with van der Waals surface area (Å²) >= 11 is 0. The number of hydrogen-bond acceptors (Lipinski definition) is 3. The van der Waals surface area contributed by atoms with E-state index in [4.69, 9.17) is 9.47 Å². The van der Waals surface area contributed by atoms with Crippen molar-refractivity contribution in [1.82, 2.24) is 4.90 Å². The summed E-state index contributed by atoms with van der Waals surface area (Å²) in [4.78, 5) is 15.0. The van der Waals surface area contributed by atoms with Gasteiger partial charge in [-0.05, 0) is 49.5 Å². The van der Waals surface area contributed by atoms with Gasteiger partial charge in [-0.1, -0.05) is 30.3 Å². The first-order valence-corrected chi connectivity index (χ1v) is 9.73. The molecule has 2 aliphatic carbocycles. The molecular weight excluding hydrogens is 314 g/mol. The van der Waals surface area contributed by atoms with Gasteiger partial charge in [0, 0.05) is 20.1 Å². The minimum Gasteiger partial charge on any atom is -0.381 e. The molecule has 0 radical (unpaired) electrons. The highest BCUT2D eigenvalue weighted by atomic mass is 16.5. The SMILES string of the molecule is CO[C@@H]1CC[C@@H]2OCCN(C(=O)CC3CC(c4ccccc4)C3)[C@H]2C1. The molecular formula is C21H29NO3. The lowest BCUT2D eigenvalue weighted by Gasteiger charge is -2.46. The second-order valence-electron chi connectivity index (χ2n) is 7.88. The number of hydrogen-bond donors (Lipinski definition) is 0. The molecule has 0 unspecified atom stereocenters. The smallest absolute Gasteiger partial charge is 0.223 e. The number of amides is 1. The molecule has 25 heavy (non-hydrogen) atoms. The van der Waals surface area contributed by atoms with Crippen molar-refractivity contribution < 1.29 is 14.3 Å². The van der Waals surface area contributed by atoms with Gasteiger partial charge in [0.2, 0.25) is 5.91 Å². The van der Waals surface area contributed by atoms with Crippen LogP contribution in [-0.4, -0.2) is 49.3 Å². The fourth-order valence-electron chi connectivity index (χ4n) is 4.86. The van der Waals surface area contributed by atoms with Crippen LogP contribution in [0, 0.1) is 5.92 Å². The molecule has 0 bridgehead atoms. The number of nitrogens with zero attached hydrogens (tertiary/aromatic N) is 1. The summed E-state index contributed by atoms with van der Waals surface area (Å²) in [7, 11) is 1.78. The number of methoxy groups -OCH3 is 1. The topological polar surface area (TPSA) is 38.8 Å². The normalized spacial score (nSPS) is 34.9. The maximum atomic E-state index is 12.9. The first-order valence-electron chi connectivity index (χ1n) is 9.73. The van der Waals surface area contributed by atoms with Crippen molar-refractivity contribution in [3.63, 3.8) is 0 Å². The Morgan fingerprint density at radius 2 is 2.00 bits per heavy atom. The lowest BCUT2D eigenvalue weighted by molar-refractivity contribution is -0.156. The summed E-state index contributed by atoms with van der Waals surface area (Å²) in [6, 6.07) is 10.9. The van der Waals surface area contributed by atoms with E-state index in [9.17, 15) is 4.79 Å². The third-order valence-corrected chi connectivity index (χ3v) is 6.39. The second-order valence-corrected chi connectivity index (χ2v) is 7.88. The largest absolute Gasteiger partial charge is 0.381 e. The molecule has 3 atom stereocenters. The average Bonchev–Trinajstić information content (AvgIpc) is 2.63. The molecule has 3 aliphatic rings. The van der Waals surface area contributed by atoms with E-state index in [0.717, 1.165) is 38.6 Å². The fraction of sp³-hybridized carbons (Fsp3) is 0.667. The Labute approximate surface area is 150 Å². The van der Waals surface area contributed by atoms with Gasteiger partial charge in [0.05, 0.1) is 24.9 Å². The molecule has 1 aromatic rings. The van der Waals surface area contributed by atoms with Gasteiger partial charge in [0.15, 0.2) is 0 Å². The molecule has 1 aromatic carbocycles. The van der Waals surface area contributed by atoms with Crippen LogP contribution < -0.4 is 0 Å². The third-order valence-electron chi connectivity index (χ3n) is 6.39. The minimum atomic E-state index is 0.211. The van der Waals surface area contributed by atoms with Crippen LogP contribution in [0.5, 0.6) is 0 Å². The predicted molar refractivity (Wildman–Crippen MR) is 96.4 cm³/mol. The number of carbonyl (C=O) groups excluding carboxylic acids is 1. The van der Waals surface area contributed by atoms with Gasteiger partial charge in [-0.2, -0.15) is 0 Å². The Balaban J connectivity index is 1.32. The highest BCUT2D eigenvalue weighted by molar-refractivity contribution is 5.77. The molecule has 1 amide bonds. The highest BCUT2D eigenvalue weighted by Crippen LogP contribution is 2.43. The summed E-state index contributed by atoms with van der Waals surface area (Å²) in [6.07, 6.45) is 6.44. The predicted octanol–water partition coefficient (Wildman–Crippen LogP) is 3.37. The van der Waals surface area contributed by atoms with Crippen LogP contribution >= 0.6 is 0 Å². The Bertz CT molecular complexity index is 584. The first kappa shape index (κ1) is 17.0. The molecule has 136 valence electrons. The average molecular weight is 343 g/mol. The molecule has 3 fully saturated rings. The van der Waals surface area contributed by atoms with E-state index in [1.165, 1.54) is 5.56 Å². The van der Waals surface area contributed by atoms with E-state index >= 15 is 0 Å². The van der Waals surface area contributed by atoms with Crippen LogP contribution in [0.25, 0.3) is 0 Å². The maximum absolute atomic E-state index is 12.9. The Hall–Kier alpha value is -1.39. The van der Waals surface area contributed by atoms with E-state index in [1.54, 1.807) is 7.11 Å². The number of rotatable bonds is 4. The fourth-order valence-corrected chi connectivity index (χ4v) is 4.86. The molecule has 1 heterocycles. The van der Waals surface area contributed by atoms with Crippen molar-refractivity contribution in [2.75, 3.05) is 20.3 Å². The summed E-state index contributed by atoms with van der Waals surface area (Å²) < 4.78 is 11.5. The minimum absolute atomic E-state index is 0.211. The monoisotopic (exact) mass is 343 g/mol.